The number of hydrogen-bond donors (Lipinski definition) is 2. The van der Waals surface area contributed by atoms with Crippen LogP contribution < -0.4 is 15.4 Å². The predicted molar refractivity (Wildman–Crippen MR) is 158 cm³/mol. The van der Waals surface area contributed by atoms with Gasteiger partial charge in [0.15, 0.2) is 0 Å². The predicted octanol–water partition coefficient (Wildman–Crippen LogP) is 6.54. The summed E-state index contributed by atoms with van der Waals surface area (Å²) in [5, 5.41) is 7.35. The quantitative estimate of drug-likeness (QED) is 0.270. The lowest BCUT2D eigenvalue weighted by molar-refractivity contribution is -0.115. The molecule has 0 unspecified atom stereocenters. The molecule has 0 aliphatic heterocycles. The molecular formula is C32H32ClN3O4. The molecule has 5 rings (SSSR count). The highest BCUT2D eigenvalue weighted by Crippen LogP contribution is 2.31. The van der Waals surface area contributed by atoms with Crippen molar-refractivity contribution in [3.05, 3.63) is 94.1 Å². The highest BCUT2D eigenvalue weighted by molar-refractivity contribution is 6.30. The lowest BCUT2D eigenvalue weighted by Gasteiger charge is -2.22. The number of nitrogens with zero attached hydrogens (tertiary/aromatic N) is 1. The van der Waals surface area contributed by atoms with Crippen LogP contribution in [0, 0.1) is 6.92 Å². The van der Waals surface area contributed by atoms with E-state index >= 15 is 0 Å². The average Bonchev–Trinajstić information content (AvgIpc) is 3.23. The first-order valence-electron chi connectivity index (χ1n) is 13.5. The third-order valence-corrected chi connectivity index (χ3v) is 7.80. The molecule has 3 aromatic carbocycles. The van der Waals surface area contributed by atoms with Gasteiger partial charge in [0.1, 0.15) is 5.75 Å². The van der Waals surface area contributed by atoms with Gasteiger partial charge in [-0.3, -0.25) is 19.0 Å². The third-order valence-electron chi connectivity index (χ3n) is 7.54. The zero-order chi connectivity index (χ0) is 28.2. The number of nitrogens with one attached hydrogen (secondary N) is 2. The van der Waals surface area contributed by atoms with Gasteiger partial charge in [-0.05, 0) is 92.1 Å². The summed E-state index contributed by atoms with van der Waals surface area (Å²) in [5.74, 6) is 0.0984. The van der Waals surface area contributed by atoms with Crippen LogP contribution in [0.2, 0.25) is 5.02 Å². The van der Waals surface area contributed by atoms with Crippen molar-refractivity contribution in [1.29, 1.82) is 0 Å². The number of carbonyl (C=O) groups is 3. The number of ether oxygens (including phenoxy) is 1. The van der Waals surface area contributed by atoms with Gasteiger partial charge in [-0.15, -0.1) is 0 Å². The van der Waals surface area contributed by atoms with Crippen LogP contribution in [0.25, 0.3) is 10.9 Å². The van der Waals surface area contributed by atoms with E-state index < -0.39 is 0 Å². The second-order valence-corrected chi connectivity index (χ2v) is 10.6. The molecule has 0 radical (unpaired) electrons. The van der Waals surface area contributed by atoms with Crippen LogP contribution >= 0.6 is 11.6 Å². The lowest BCUT2D eigenvalue weighted by Crippen LogP contribution is -2.36. The molecule has 0 spiro atoms. The van der Waals surface area contributed by atoms with Gasteiger partial charge in [0.2, 0.25) is 5.91 Å². The zero-order valence-corrected chi connectivity index (χ0v) is 23.4. The van der Waals surface area contributed by atoms with Gasteiger partial charge < -0.3 is 15.4 Å². The third kappa shape index (κ3) is 5.89. The fourth-order valence-electron chi connectivity index (χ4n) is 5.38. The van der Waals surface area contributed by atoms with E-state index in [9.17, 15) is 14.4 Å². The molecule has 1 heterocycles. The van der Waals surface area contributed by atoms with Crippen LogP contribution in [0.15, 0.2) is 66.7 Å². The van der Waals surface area contributed by atoms with Crippen LogP contribution in [-0.4, -0.2) is 35.4 Å². The van der Waals surface area contributed by atoms with Crippen molar-refractivity contribution >= 4 is 45.9 Å². The molecule has 1 aliphatic carbocycles. The molecule has 2 N–H and O–H groups in total. The minimum Gasteiger partial charge on any atom is -0.497 e. The van der Waals surface area contributed by atoms with Crippen LogP contribution in [0.1, 0.15) is 64.1 Å². The van der Waals surface area contributed by atoms with E-state index in [2.05, 4.69) is 10.6 Å². The lowest BCUT2D eigenvalue weighted by atomic mass is 9.95. The summed E-state index contributed by atoms with van der Waals surface area (Å²) < 4.78 is 7.05. The Morgan fingerprint density at radius 2 is 1.60 bits per heavy atom. The van der Waals surface area contributed by atoms with Crippen molar-refractivity contribution in [3.63, 3.8) is 0 Å². The van der Waals surface area contributed by atoms with Gasteiger partial charge in [-0.1, -0.05) is 30.9 Å². The number of halogens is 1. The van der Waals surface area contributed by atoms with Crippen LogP contribution in [-0.2, 0) is 11.2 Å². The van der Waals surface area contributed by atoms with Gasteiger partial charge in [0.05, 0.1) is 19.0 Å². The Labute approximate surface area is 238 Å². The molecular weight excluding hydrogens is 526 g/mol. The summed E-state index contributed by atoms with van der Waals surface area (Å²) in [6, 6.07) is 19.3. The summed E-state index contributed by atoms with van der Waals surface area (Å²) in [6.07, 6.45) is 5.62. The van der Waals surface area contributed by atoms with E-state index in [0.717, 1.165) is 36.6 Å². The monoisotopic (exact) mass is 557 g/mol. The number of aromatic nitrogens is 1. The first-order valence-corrected chi connectivity index (χ1v) is 13.9. The molecule has 1 aromatic heterocycles. The highest BCUT2D eigenvalue weighted by atomic mass is 35.5. The normalized spacial score (nSPS) is 13.7. The molecule has 4 aromatic rings. The molecule has 1 fully saturated rings. The molecule has 0 saturated heterocycles. The van der Waals surface area contributed by atoms with Crippen LogP contribution in [0.3, 0.4) is 0 Å². The van der Waals surface area contributed by atoms with E-state index in [1.54, 1.807) is 66.3 Å². The average molecular weight is 558 g/mol. The van der Waals surface area contributed by atoms with Crippen LogP contribution in [0.5, 0.6) is 5.75 Å². The Morgan fingerprint density at radius 1 is 0.925 bits per heavy atom. The summed E-state index contributed by atoms with van der Waals surface area (Å²) in [5.41, 5.74) is 3.74. The van der Waals surface area contributed by atoms with Crippen molar-refractivity contribution in [2.75, 3.05) is 12.4 Å². The van der Waals surface area contributed by atoms with Crippen molar-refractivity contribution in [2.45, 2.75) is 51.5 Å². The minimum atomic E-state index is -0.233. The molecule has 0 bridgehead atoms. The van der Waals surface area contributed by atoms with E-state index in [-0.39, 0.29) is 30.2 Å². The number of anilines is 1. The van der Waals surface area contributed by atoms with Crippen molar-refractivity contribution in [1.82, 2.24) is 9.88 Å². The minimum absolute atomic E-state index is 0.0559. The number of fused-ring (bicyclic) bond motifs is 1. The fraction of sp³-hybridized carbons (Fsp3) is 0.281. The summed E-state index contributed by atoms with van der Waals surface area (Å²) >= 11 is 6.02. The fourth-order valence-corrected chi connectivity index (χ4v) is 5.51. The highest BCUT2D eigenvalue weighted by Gasteiger charge is 2.22. The standard InChI is InChI=1S/C32H32ClN3O4/c1-20-27(19-30(37)34-25-14-10-21(11-15-25)31(38)35-24-6-4-3-5-7-24)28-18-26(40-2)16-17-29(28)36(20)32(39)22-8-12-23(33)13-9-22/h8-18,24H,3-7,19H2,1-2H3,(H,34,37)(H,35,38). The first kappa shape index (κ1) is 27.5. The van der Waals surface area contributed by atoms with E-state index in [1.165, 1.54) is 6.42 Å². The summed E-state index contributed by atoms with van der Waals surface area (Å²) in [7, 11) is 1.58. The topological polar surface area (TPSA) is 89.4 Å². The maximum atomic E-state index is 13.5. The molecule has 2 amide bonds. The molecule has 1 saturated carbocycles. The number of benzene rings is 3. The molecule has 206 valence electrons. The Bertz CT molecular complexity index is 1550. The smallest absolute Gasteiger partial charge is 0.262 e. The summed E-state index contributed by atoms with van der Waals surface area (Å²) in [6.45, 7) is 1.84. The van der Waals surface area contributed by atoms with Crippen molar-refractivity contribution in [2.24, 2.45) is 0 Å². The summed E-state index contributed by atoms with van der Waals surface area (Å²) in [4.78, 5) is 39.3. The molecule has 0 atom stereocenters. The Hall–Kier alpha value is -4.10. The van der Waals surface area contributed by atoms with Gasteiger partial charge in [-0.25, -0.2) is 0 Å². The number of carbonyl (C=O) groups excluding carboxylic acids is 3. The van der Waals surface area contributed by atoms with Gasteiger partial charge in [0, 0.05) is 39.0 Å². The van der Waals surface area contributed by atoms with Gasteiger partial charge >= 0.3 is 0 Å². The number of methoxy groups -OCH3 is 1. The maximum Gasteiger partial charge on any atom is 0.262 e. The second-order valence-electron chi connectivity index (χ2n) is 10.2. The number of amides is 2. The van der Waals surface area contributed by atoms with E-state index in [0.29, 0.717) is 38.8 Å². The van der Waals surface area contributed by atoms with Crippen molar-refractivity contribution < 1.29 is 19.1 Å². The Balaban J connectivity index is 1.35. The maximum absolute atomic E-state index is 13.5. The van der Waals surface area contributed by atoms with Gasteiger partial charge in [-0.2, -0.15) is 0 Å². The zero-order valence-electron chi connectivity index (χ0n) is 22.6. The first-order chi connectivity index (χ1) is 19.3. The van der Waals surface area contributed by atoms with E-state index in [1.807, 2.05) is 19.1 Å². The molecule has 40 heavy (non-hydrogen) atoms. The van der Waals surface area contributed by atoms with Crippen LogP contribution in [0.4, 0.5) is 5.69 Å². The van der Waals surface area contributed by atoms with Crippen molar-refractivity contribution in [3.8, 4) is 5.75 Å². The Morgan fingerprint density at radius 3 is 2.27 bits per heavy atom. The SMILES string of the molecule is COc1ccc2c(c1)c(CC(=O)Nc1ccc(C(=O)NC3CCCCC3)cc1)c(C)n2C(=O)c1ccc(Cl)cc1. The second kappa shape index (κ2) is 12.0. The number of rotatable bonds is 7. The number of hydrogen-bond acceptors (Lipinski definition) is 4. The molecule has 7 nitrogen and oxygen atoms in total. The largest absolute Gasteiger partial charge is 0.497 e. The molecule has 1 aliphatic rings. The molecule has 8 heteroatoms. The van der Waals surface area contributed by atoms with Gasteiger partial charge in [0.25, 0.3) is 11.8 Å². The van der Waals surface area contributed by atoms with E-state index in [4.69, 9.17) is 16.3 Å². The Kier molecular flexibility index (Phi) is 8.21.